The molecule has 0 saturated heterocycles. The Bertz CT molecular complexity index is 418. The van der Waals surface area contributed by atoms with Crippen LogP contribution in [0.25, 0.3) is 0 Å². The lowest BCUT2D eigenvalue weighted by Crippen LogP contribution is -2.55. The fraction of sp³-hybridized carbons (Fsp3) is 0.500. The molecule has 1 atom stereocenters. The molecule has 110 valence electrons. The van der Waals surface area contributed by atoms with E-state index >= 15 is 0 Å². The number of nitrogens with one attached hydrogen (secondary N) is 1. The number of pyridine rings is 1. The van der Waals surface area contributed by atoms with Crippen molar-refractivity contribution in [2.24, 2.45) is 11.7 Å². The minimum atomic E-state index is -0.631. The molecule has 1 heterocycles. The Morgan fingerprint density at radius 3 is 2.53 bits per heavy atom. The predicted octanol–water partition coefficient (Wildman–Crippen LogP) is 2.17. The van der Waals surface area contributed by atoms with E-state index in [1.807, 2.05) is 20.8 Å². The van der Waals surface area contributed by atoms with Crippen molar-refractivity contribution in [1.82, 2.24) is 10.3 Å². The van der Waals surface area contributed by atoms with E-state index < -0.39 is 17.3 Å². The van der Waals surface area contributed by atoms with E-state index in [0.29, 0.717) is 6.54 Å². The Morgan fingerprint density at radius 2 is 2.11 bits per heavy atom. The fourth-order valence-electron chi connectivity index (χ4n) is 1.32. The van der Waals surface area contributed by atoms with Crippen molar-refractivity contribution < 1.29 is 9.18 Å². The van der Waals surface area contributed by atoms with E-state index in [-0.39, 0.29) is 36.3 Å². The molecule has 0 aliphatic heterocycles. The van der Waals surface area contributed by atoms with Crippen LogP contribution in [-0.4, -0.2) is 23.0 Å². The van der Waals surface area contributed by atoms with Gasteiger partial charge in [-0.25, -0.2) is 4.39 Å². The summed E-state index contributed by atoms with van der Waals surface area (Å²) in [6, 6.07) is 1.35. The van der Waals surface area contributed by atoms with Crippen molar-refractivity contribution in [3.05, 3.63) is 29.8 Å². The van der Waals surface area contributed by atoms with Crippen molar-refractivity contribution in [2.75, 3.05) is 6.54 Å². The summed E-state index contributed by atoms with van der Waals surface area (Å²) in [7, 11) is 0. The molecule has 0 saturated carbocycles. The van der Waals surface area contributed by atoms with Gasteiger partial charge in [0, 0.05) is 12.7 Å². The van der Waals surface area contributed by atoms with Crippen LogP contribution >= 0.6 is 24.8 Å². The minimum Gasteiger partial charge on any atom is -0.345 e. The zero-order chi connectivity index (χ0) is 13.1. The van der Waals surface area contributed by atoms with Gasteiger partial charge in [0.1, 0.15) is 0 Å². The molecule has 1 amide bonds. The van der Waals surface area contributed by atoms with Gasteiger partial charge in [-0.2, -0.15) is 0 Å². The Balaban J connectivity index is 0. The minimum absolute atomic E-state index is 0. The van der Waals surface area contributed by atoms with Gasteiger partial charge >= 0.3 is 0 Å². The van der Waals surface area contributed by atoms with Crippen molar-refractivity contribution in [3.63, 3.8) is 0 Å². The molecule has 0 spiro atoms. The second-order valence-corrected chi connectivity index (χ2v) is 4.59. The standard InChI is InChI=1S/C12H18FN3O.2ClH/c1-8(2)12(3,7-14)16-11(17)9-4-5-15-6-10(9)13;;/h4-6,8H,7,14H2,1-3H3,(H,16,17);2*1H. The Labute approximate surface area is 125 Å². The lowest BCUT2D eigenvalue weighted by Gasteiger charge is -2.33. The fourth-order valence-corrected chi connectivity index (χ4v) is 1.32. The summed E-state index contributed by atoms with van der Waals surface area (Å²) < 4.78 is 13.4. The van der Waals surface area contributed by atoms with Crippen LogP contribution in [0.2, 0.25) is 0 Å². The maximum Gasteiger partial charge on any atom is 0.254 e. The van der Waals surface area contributed by atoms with E-state index in [0.717, 1.165) is 6.20 Å². The smallest absolute Gasteiger partial charge is 0.254 e. The summed E-state index contributed by atoms with van der Waals surface area (Å²) >= 11 is 0. The van der Waals surface area contributed by atoms with Gasteiger partial charge in [-0.1, -0.05) is 13.8 Å². The normalized spacial score (nSPS) is 12.9. The number of aromatic nitrogens is 1. The molecule has 1 aromatic rings. The van der Waals surface area contributed by atoms with Gasteiger partial charge < -0.3 is 11.1 Å². The van der Waals surface area contributed by atoms with E-state index in [9.17, 15) is 9.18 Å². The molecule has 0 aromatic carbocycles. The van der Waals surface area contributed by atoms with Crippen LogP contribution < -0.4 is 11.1 Å². The van der Waals surface area contributed by atoms with Crippen molar-refractivity contribution in [2.45, 2.75) is 26.3 Å². The van der Waals surface area contributed by atoms with Crippen LogP contribution in [0.5, 0.6) is 0 Å². The highest BCUT2D eigenvalue weighted by Gasteiger charge is 2.29. The second kappa shape index (κ2) is 8.30. The maximum absolute atomic E-state index is 13.4. The third-order valence-corrected chi connectivity index (χ3v) is 3.11. The Hall–Kier alpha value is -0.910. The van der Waals surface area contributed by atoms with E-state index in [2.05, 4.69) is 10.3 Å². The molecule has 1 rings (SSSR count). The summed E-state index contributed by atoms with van der Waals surface area (Å²) in [5, 5.41) is 2.77. The molecule has 0 fully saturated rings. The number of halogens is 3. The molecule has 0 radical (unpaired) electrons. The molecule has 19 heavy (non-hydrogen) atoms. The highest BCUT2D eigenvalue weighted by molar-refractivity contribution is 5.94. The summed E-state index contributed by atoms with van der Waals surface area (Å²) in [5.41, 5.74) is 5.09. The SMILES string of the molecule is CC(C)C(C)(CN)NC(=O)c1ccncc1F.Cl.Cl. The van der Waals surface area contributed by atoms with Crippen molar-refractivity contribution in [1.29, 1.82) is 0 Å². The molecule has 1 unspecified atom stereocenters. The van der Waals surface area contributed by atoms with Gasteiger partial charge in [0.2, 0.25) is 0 Å². The molecule has 3 N–H and O–H groups in total. The quantitative estimate of drug-likeness (QED) is 0.895. The van der Waals surface area contributed by atoms with Crippen molar-refractivity contribution >= 4 is 30.7 Å². The lowest BCUT2D eigenvalue weighted by atomic mass is 9.88. The lowest BCUT2D eigenvalue weighted by molar-refractivity contribution is 0.0879. The first-order chi connectivity index (χ1) is 7.90. The van der Waals surface area contributed by atoms with Crippen LogP contribution in [0.4, 0.5) is 4.39 Å². The summed E-state index contributed by atoms with van der Waals surface area (Å²) in [6.07, 6.45) is 2.40. The predicted molar refractivity (Wildman–Crippen MR) is 78.5 cm³/mol. The molecular formula is C12H20Cl2FN3O. The first-order valence-corrected chi connectivity index (χ1v) is 5.53. The largest absolute Gasteiger partial charge is 0.345 e. The van der Waals surface area contributed by atoms with Gasteiger partial charge in [-0.3, -0.25) is 9.78 Å². The third kappa shape index (κ3) is 4.93. The van der Waals surface area contributed by atoms with Gasteiger partial charge in [0.15, 0.2) is 5.82 Å². The highest BCUT2D eigenvalue weighted by Crippen LogP contribution is 2.16. The molecule has 4 nitrogen and oxygen atoms in total. The van der Waals surface area contributed by atoms with Crippen LogP contribution in [0.15, 0.2) is 18.5 Å². The van der Waals surface area contributed by atoms with Crippen LogP contribution in [0, 0.1) is 11.7 Å². The van der Waals surface area contributed by atoms with Gasteiger partial charge in [0.05, 0.1) is 17.3 Å². The molecule has 0 aliphatic carbocycles. The number of carbonyl (C=O) groups excluding carboxylic acids is 1. The zero-order valence-corrected chi connectivity index (χ0v) is 12.8. The molecule has 1 aromatic heterocycles. The topological polar surface area (TPSA) is 68.0 Å². The van der Waals surface area contributed by atoms with E-state index in [1.54, 1.807) is 0 Å². The van der Waals surface area contributed by atoms with Crippen LogP contribution in [0.3, 0.4) is 0 Å². The van der Waals surface area contributed by atoms with Crippen molar-refractivity contribution in [3.8, 4) is 0 Å². The maximum atomic E-state index is 13.4. The number of carbonyl (C=O) groups is 1. The Morgan fingerprint density at radius 1 is 1.53 bits per heavy atom. The monoisotopic (exact) mass is 311 g/mol. The average Bonchev–Trinajstić information content (AvgIpc) is 2.29. The number of nitrogens with two attached hydrogens (primary N) is 1. The number of hydrogen-bond acceptors (Lipinski definition) is 3. The van der Waals surface area contributed by atoms with Gasteiger partial charge in [0.25, 0.3) is 5.91 Å². The first-order valence-electron chi connectivity index (χ1n) is 5.53. The molecular weight excluding hydrogens is 292 g/mol. The molecule has 0 bridgehead atoms. The first kappa shape index (κ1) is 20.4. The zero-order valence-electron chi connectivity index (χ0n) is 11.1. The number of hydrogen-bond donors (Lipinski definition) is 2. The summed E-state index contributed by atoms with van der Waals surface area (Å²) in [4.78, 5) is 15.5. The van der Waals surface area contributed by atoms with Gasteiger partial charge in [-0.05, 0) is 18.9 Å². The van der Waals surface area contributed by atoms with Crippen LogP contribution in [-0.2, 0) is 0 Å². The van der Waals surface area contributed by atoms with Crippen LogP contribution in [0.1, 0.15) is 31.1 Å². The van der Waals surface area contributed by atoms with E-state index in [4.69, 9.17) is 5.73 Å². The Kier molecular flexibility index (Phi) is 8.91. The highest BCUT2D eigenvalue weighted by atomic mass is 35.5. The summed E-state index contributed by atoms with van der Waals surface area (Å²) in [5.74, 6) is -0.943. The number of rotatable bonds is 4. The average molecular weight is 312 g/mol. The second-order valence-electron chi connectivity index (χ2n) is 4.59. The summed E-state index contributed by atoms with van der Waals surface area (Å²) in [6.45, 7) is 6.05. The van der Waals surface area contributed by atoms with E-state index in [1.165, 1.54) is 12.3 Å². The molecule has 0 aliphatic rings. The van der Waals surface area contributed by atoms with Gasteiger partial charge in [-0.15, -0.1) is 24.8 Å². The number of nitrogens with zero attached hydrogens (tertiary/aromatic N) is 1. The number of amides is 1. The molecule has 7 heteroatoms. The third-order valence-electron chi connectivity index (χ3n) is 3.11.